The third kappa shape index (κ3) is 3.46. The molecule has 0 saturated heterocycles. The van der Waals surface area contributed by atoms with Crippen molar-refractivity contribution in [2.75, 3.05) is 6.54 Å². The topological polar surface area (TPSA) is 87.8 Å². The third-order valence-electron chi connectivity index (χ3n) is 3.66. The number of sulfonamides is 1. The summed E-state index contributed by atoms with van der Waals surface area (Å²) in [6.45, 7) is 5.59. The molecule has 6 nitrogen and oxygen atoms in total. The number of carboxylic acids is 1. The molecule has 0 aliphatic rings. The SMILES string of the molecule is CCN(Cc1ccccc1C)S(=O)(=O)c1cc(C(=O)O)oc1C. The summed E-state index contributed by atoms with van der Waals surface area (Å²) in [5, 5.41) is 8.95. The molecule has 124 valence electrons. The van der Waals surface area contributed by atoms with Gasteiger partial charge in [-0.15, -0.1) is 0 Å². The number of aromatic carboxylic acids is 1. The molecule has 23 heavy (non-hydrogen) atoms. The number of carboxylic acid groups (broad SMARTS) is 1. The average Bonchev–Trinajstić information content (AvgIpc) is 2.89. The summed E-state index contributed by atoms with van der Waals surface area (Å²) in [5.41, 5.74) is 1.90. The Morgan fingerprint density at radius 2 is 1.91 bits per heavy atom. The average molecular weight is 337 g/mol. The van der Waals surface area contributed by atoms with Crippen molar-refractivity contribution in [3.63, 3.8) is 0 Å². The summed E-state index contributed by atoms with van der Waals surface area (Å²) in [5.74, 6) is -1.60. The van der Waals surface area contributed by atoms with Crippen LogP contribution in [-0.2, 0) is 16.6 Å². The van der Waals surface area contributed by atoms with Gasteiger partial charge in [0.15, 0.2) is 0 Å². The Hall–Kier alpha value is -2.12. The van der Waals surface area contributed by atoms with Crippen LogP contribution in [0.2, 0.25) is 0 Å². The number of rotatable bonds is 6. The summed E-state index contributed by atoms with van der Waals surface area (Å²) in [6.07, 6.45) is 0. The van der Waals surface area contributed by atoms with Crippen molar-refractivity contribution in [3.05, 3.63) is 53.0 Å². The van der Waals surface area contributed by atoms with Gasteiger partial charge in [0.1, 0.15) is 10.7 Å². The second-order valence-electron chi connectivity index (χ2n) is 5.19. The molecule has 0 aliphatic heterocycles. The van der Waals surface area contributed by atoms with Gasteiger partial charge < -0.3 is 9.52 Å². The van der Waals surface area contributed by atoms with Gasteiger partial charge in [0.05, 0.1) is 0 Å². The maximum atomic E-state index is 12.8. The van der Waals surface area contributed by atoms with Gasteiger partial charge in [0.2, 0.25) is 15.8 Å². The van der Waals surface area contributed by atoms with Crippen molar-refractivity contribution in [2.45, 2.75) is 32.2 Å². The van der Waals surface area contributed by atoms with Gasteiger partial charge in [-0.05, 0) is 25.0 Å². The molecular formula is C16H19NO5S. The fourth-order valence-electron chi connectivity index (χ4n) is 2.31. The molecule has 0 fully saturated rings. The highest BCUT2D eigenvalue weighted by atomic mass is 32.2. The monoisotopic (exact) mass is 337 g/mol. The van der Waals surface area contributed by atoms with E-state index in [0.29, 0.717) is 0 Å². The maximum Gasteiger partial charge on any atom is 0.371 e. The largest absolute Gasteiger partial charge is 0.475 e. The minimum atomic E-state index is -3.83. The zero-order valence-electron chi connectivity index (χ0n) is 13.2. The van der Waals surface area contributed by atoms with Crippen molar-refractivity contribution in [3.8, 4) is 0 Å². The highest BCUT2D eigenvalue weighted by Crippen LogP contribution is 2.25. The van der Waals surface area contributed by atoms with E-state index in [-0.39, 0.29) is 29.5 Å². The lowest BCUT2D eigenvalue weighted by Crippen LogP contribution is -2.30. The molecule has 2 aromatic rings. The van der Waals surface area contributed by atoms with E-state index in [9.17, 15) is 13.2 Å². The van der Waals surface area contributed by atoms with Crippen molar-refractivity contribution in [2.24, 2.45) is 0 Å². The van der Waals surface area contributed by atoms with Crippen LogP contribution in [-0.4, -0.2) is 30.3 Å². The van der Waals surface area contributed by atoms with Gasteiger partial charge in [-0.2, -0.15) is 4.31 Å². The Labute approximate surface area is 135 Å². The Morgan fingerprint density at radius 3 is 2.43 bits per heavy atom. The van der Waals surface area contributed by atoms with Crippen molar-refractivity contribution >= 4 is 16.0 Å². The van der Waals surface area contributed by atoms with Crippen LogP contribution < -0.4 is 0 Å². The lowest BCUT2D eigenvalue weighted by atomic mass is 10.1. The molecule has 0 spiro atoms. The summed E-state index contributed by atoms with van der Waals surface area (Å²) < 4.78 is 31.9. The molecular weight excluding hydrogens is 318 g/mol. The number of hydrogen-bond donors (Lipinski definition) is 1. The number of hydrogen-bond acceptors (Lipinski definition) is 4. The standard InChI is InChI=1S/C16H19NO5S/c1-4-17(10-13-8-6-5-7-11(13)2)23(20,21)15-9-14(16(18)19)22-12(15)3/h5-9H,4,10H2,1-3H3,(H,18,19). The summed E-state index contributed by atoms with van der Waals surface area (Å²) >= 11 is 0. The first-order chi connectivity index (χ1) is 10.8. The van der Waals surface area contributed by atoms with Crippen LogP contribution in [0.5, 0.6) is 0 Å². The number of furan rings is 1. The van der Waals surface area contributed by atoms with Gasteiger partial charge >= 0.3 is 5.97 Å². The Morgan fingerprint density at radius 1 is 1.26 bits per heavy atom. The lowest BCUT2D eigenvalue weighted by Gasteiger charge is -2.21. The smallest absolute Gasteiger partial charge is 0.371 e. The van der Waals surface area contributed by atoms with E-state index >= 15 is 0 Å². The predicted molar refractivity (Wildman–Crippen MR) is 84.9 cm³/mol. The zero-order chi connectivity index (χ0) is 17.2. The van der Waals surface area contributed by atoms with Crippen LogP contribution in [0, 0.1) is 13.8 Å². The van der Waals surface area contributed by atoms with Gasteiger partial charge in [0, 0.05) is 19.2 Å². The number of nitrogens with zero attached hydrogens (tertiary/aromatic N) is 1. The first-order valence-corrected chi connectivity index (χ1v) is 8.59. The van der Waals surface area contributed by atoms with E-state index in [0.717, 1.165) is 17.2 Å². The van der Waals surface area contributed by atoms with E-state index in [1.165, 1.54) is 11.2 Å². The lowest BCUT2D eigenvalue weighted by molar-refractivity contribution is 0.0661. The molecule has 1 aromatic carbocycles. The van der Waals surface area contributed by atoms with Gasteiger partial charge in [-0.1, -0.05) is 31.2 Å². The van der Waals surface area contributed by atoms with Gasteiger partial charge in [-0.25, -0.2) is 13.2 Å². The van der Waals surface area contributed by atoms with Crippen LogP contribution in [0.15, 0.2) is 39.6 Å². The highest BCUT2D eigenvalue weighted by molar-refractivity contribution is 7.89. The minimum absolute atomic E-state index is 0.0747. The van der Waals surface area contributed by atoms with Crippen LogP contribution in [0.1, 0.15) is 34.4 Å². The normalized spacial score (nSPS) is 11.8. The second kappa shape index (κ2) is 6.55. The zero-order valence-corrected chi connectivity index (χ0v) is 14.1. The predicted octanol–water partition coefficient (Wildman–Crippen LogP) is 2.81. The third-order valence-corrected chi connectivity index (χ3v) is 5.69. The van der Waals surface area contributed by atoms with E-state index < -0.39 is 16.0 Å². The fourth-order valence-corrected chi connectivity index (χ4v) is 3.90. The molecule has 0 radical (unpaired) electrons. The van der Waals surface area contributed by atoms with Crippen LogP contribution in [0.25, 0.3) is 0 Å². The van der Waals surface area contributed by atoms with E-state index in [4.69, 9.17) is 9.52 Å². The molecule has 0 atom stereocenters. The molecule has 1 aromatic heterocycles. The summed E-state index contributed by atoms with van der Waals surface area (Å²) in [6, 6.07) is 8.60. The quantitative estimate of drug-likeness (QED) is 0.875. The molecule has 1 N–H and O–H groups in total. The molecule has 0 amide bonds. The Balaban J connectivity index is 2.40. The van der Waals surface area contributed by atoms with Crippen LogP contribution in [0.4, 0.5) is 0 Å². The van der Waals surface area contributed by atoms with Crippen molar-refractivity contribution < 1.29 is 22.7 Å². The number of aryl methyl sites for hydroxylation is 2. The Kier molecular flexibility index (Phi) is 4.91. The van der Waals surface area contributed by atoms with Crippen LogP contribution in [0.3, 0.4) is 0 Å². The van der Waals surface area contributed by atoms with Crippen molar-refractivity contribution in [1.29, 1.82) is 0 Å². The minimum Gasteiger partial charge on any atom is -0.475 e. The number of benzene rings is 1. The van der Waals surface area contributed by atoms with Crippen LogP contribution >= 0.6 is 0 Å². The molecule has 0 aliphatic carbocycles. The summed E-state index contributed by atoms with van der Waals surface area (Å²) in [7, 11) is -3.83. The molecule has 0 bridgehead atoms. The molecule has 7 heteroatoms. The van der Waals surface area contributed by atoms with E-state index in [2.05, 4.69) is 0 Å². The molecule has 2 rings (SSSR count). The van der Waals surface area contributed by atoms with E-state index in [1.54, 1.807) is 6.92 Å². The molecule has 1 heterocycles. The maximum absolute atomic E-state index is 12.8. The Bertz CT molecular complexity index is 823. The van der Waals surface area contributed by atoms with Gasteiger partial charge in [0.25, 0.3) is 0 Å². The summed E-state index contributed by atoms with van der Waals surface area (Å²) in [4.78, 5) is 10.9. The fraction of sp³-hybridized carbons (Fsp3) is 0.312. The van der Waals surface area contributed by atoms with E-state index in [1.807, 2.05) is 31.2 Å². The number of carbonyl (C=O) groups is 1. The van der Waals surface area contributed by atoms with Gasteiger partial charge in [-0.3, -0.25) is 0 Å². The van der Waals surface area contributed by atoms with Crippen molar-refractivity contribution in [1.82, 2.24) is 4.31 Å². The first kappa shape index (κ1) is 17.2. The second-order valence-corrected chi connectivity index (χ2v) is 7.10. The molecule has 0 saturated carbocycles. The first-order valence-electron chi connectivity index (χ1n) is 7.15. The molecule has 0 unspecified atom stereocenters. The highest BCUT2D eigenvalue weighted by Gasteiger charge is 2.29.